The summed E-state index contributed by atoms with van der Waals surface area (Å²) in [6.07, 6.45) is 8.92. The highest BCUT2D eigenvalue weighted by Gasteiger charge is 2.38. The number of nitrogens with zero attached hydrogens (tertiary/aromatic N) is 6. The number of carbonyl (C=O) groups excluding carboxylic acids is 1. The van der Waals surface area contributed by atoms with Crippen molar-refractivity contribution in [3.63, 3.8) is 0 Å². The molecular weight excluding hydrogens is 576 g/mol. The van der Waals surface area contributed by atoms with Crippen LogP contribution in [0.5, 0.6) is 6.01 Å². The molecular formula is C37H44N6O3. The summed E-state index contributed by atoms with van der Waals surface area (Å²) >= 11 is 0. The molecule has 3 heterocycles. The molecule has 1 amide bonds. The van der Waals surface area contributed by atoms with E-state index < -0.39 is 0 Å². The molecule has 3 atom stereocenters. The number of aromatic nitrogens is 2. The van der Waals surface area contributed by atoms with E-state index >= 15 is 0 Å². The highest BCUT2D eigenvalue weighted by atomic mass is 16.5. The molecule has 2 aliphatic carbocycles. The van der Waals surface area contributed by atoms with Gasteiger partial charge in [0.05, 0.1) is 24.9 Å². The molecule has 9 heteroatoms. The van der Waals surface area contributed by atoms with Crippen LogP contribution in [-0.2, 0) is 22.5 Å². The SMILES string of the molecule is [C-]#[N+]C[C@H]1CN(c2nc(OCCOC3CC4CCCC4C3)nc3c2CCN(c2cccc4cccc(C)c24)C3)CCN1C(=O)C=C. The Labute approximate surface area is 272 Å². The number of amides is 1. The molecule has 240 valence electrons. The normalized spacial score (nSPS) is 24.0. The lowest BCUT2D eigenvalue weighted by atomic mass is 9.99. The Balaban J connectivity index is 1.14. The van der Waals surface area contributed by atoms with Gasteiger partial charge in [-0.3, -0.25) is 4.79 Å². The zero-order valence-corrected chi connectivity index (χ0v) is 26.9. The van der Waals surface area contributed by atoms with Gasteiger partial charge in [0.15, 0.2) is 0 Å². The van der Waals surface area contributed by atoms with Crippen LogP contribution in [0.15, 0.2) is 49.1 Å². The fraction of sp³-hybridized carbons (Fsp3) is 0.514. The van der Waals surface area contributed by atoms with Gasteiger partial charge in [0.2, 0.25) is 12.5 Å². The fourth-order valence-electron chi connectivity index (χ4n) is 8.40. The summed E-state index contributed by atoms with van der Waals surface area (Å²) in [6.45, 7) is 17.7. The standard InChI is InChI=1S/C37H44N6O3/c1-4-34(44)43-17-16-42(23-29(43)22-38-3)36-31-14-15-41(33-13-7-10-26-9-5-8-25(2)35(26)33)24-32(31)39-37(40-36)46-19-18-45-30-20-27-11-6-12-28(27)21-30/h4-5,7-10,13,27-30H,1,6,11-12,14-24H2,2H3/t27?,28?,29-,30?/m0/s1. The van der Waals surface area contributed by atoms with Crippen molar-refractivity contribution in [3.05, 3.63) is 77.3 Å². The predicted octanol–water partition coefficient (Wildman–Crippen LogP) is 5.60. The molecule has 7 rings (SSSR count). The van der Waals surface area contributed by atoms with Crippen LogP contribution in [0.2, 0.25) is 0 Å². The first-order valence-corrected chi connectivity index (χ1v) is 16.9. The largest absolute Gasteiger partial charge is 0.461 e. The van der Waals surface area contributed by atoms with Crippen LogP contribution in [0, 0.1) is 25.3 Å². The molecule has 2 aromatic carbocycles. The maximum atomic E-state index is 12.6. The third kappa shape index (κ3) is 6.03. The minimum absolute atomic E-state index is 0.131. The van der Waals surface area contributed by atoms with E-state index in [2.05, 4.69) is 64.5 Å². The highest BCUT2D eigenvalue weighted by molar-refractivity contribution is 5.97. The number of ether oxygens (including phenoxy) is 2. The number of hydrogen-bond donors (Lipinski definition) is 0. The van der Waals surface area contributed by atoms with Gasteiger partial charge in [-0.2, -0.15) is 9.97 Å². The minimum Gasteiger partial charge on any atom is -0.461 e. The van der Waals surface area contributed by atoms with Crippen molar-refractivity contribution in [2.45, 2.75) is 64.1 Å². The van der Waals surface area contributed by atoms with Gasteiger partial charge in [-0.25, -0.2) is 6.57 Å². The second-order valence-electron chi connectivity index (χ2n) is 13.3. The van der Waals surface area contributed by atoms with Gasteiger partial charge >= 0.3 is 6.01 Å². The molecule has 3 aromatic rings. The number of fused-ring (bicyclic) bond motifs is 3. The molecule has 4 aliphatic rings. The first-order valence-electron chi connectivity index (χ1n) is 16.9. The number of carbonyl (C=O) groups is 1. The Bertz CT molecular complexity index is 1630. The minimum atomic E-state index is -0.232. The highest BCUT2D eigenvalue weighted by Crippen LogP contribution is 2.45. The Hall–Kier alpha value is -4.16. The van der Waals surface area contributed by atoms with Crippen molar-refractivity contribution in [3.8, 4) is 6.01 Å². The van der Waals surface area contributed by atoms with Crippen molar-refractivity contribution < 1.29 is 14.3 Å². The zero-order chi connectivity index (χ0) is 31.6. The molecule has 0 N–H and O–H groups in total. The number of benzene rings is 2. The molecule has 9 nitrogen and oxygen atoms in total. The van der Waals surface area contributed by atoms with Gasteiger partial charge in [-0.05, 0) is 61.1 Å². The van der Waals surface area contributed by atoms with Crippen molar-refractivity contribution >= 4 is 28.2 Å². The summed E-state index contributed by atoms with van der Waals surface area (Å²) in [7, 11) is 0. The van der Waals surface area contributed by atoms with Crippen molar-refractivity contribution in [1.82, 2.24) is 14.9 Å². The molecule has 0 spiro atoms. The van der Waals surface area contributed by atoms with E-state index in [0.717, 1.165) is 41.9 Å². The van der Waals surface area contributed by atoms with Crippen LogP contribution in [0.4, 0.5) is 11.5 Å². The zero-order valence-electron chi connectivity index (χ0n) is 26.9. The van der Waals surface area contributed by atoms with Gasteiger partial charge in [0, 0.05) is 42.8 Å². The second-order valence-corrected chi connectivity index (χ2v) is 13.3. The van der Waals surface area contributed by atoms with E-state index in [1.54, 1.807) is 4.90 Å². The summed E-state index contributed by atoms with van der Waals surface area (Å²) < 4.78 is 12.5. The third-order valence-corrected chi connectivity index (χ3v) is 10.6. The van der Waals surface area contributed by atoms with E-state index in [4.69, 9.17) is 26.0 Å². The number of anilines is 2. The summed E-state index contributed by atoms with van der Waals surface area (Å²) in [6, 6.07) is 13.1. The maximum Gasteiger partial charge on any atom is 0.318 e. The van der Waals surface area contributed by atoms with E-state index in [0.29, 0.717) is 51.5 Å². The van der Waals surface area contributed by atoms with E-state index in [9.17, 15) is 4.79 Å². The lowest BCUT2D eigenvalue weighted by Crippen LogP contribution is -2.56. The monoisotopic (exact) mass is 620 g/mol. The average Bonchev–Trinajstić information content (AvgIpc) is 3.68. The number of piperazine rings is 1. The van der Waals surface area contributed by atoms with Crippen molar-refractivity contribution in [1.29, 1.82) is 0 Å². The quantitative estimate of drug-likeness (QED) is 0.175. The Morgan fingerprint density at radius 3 is 2.65 bits per heavy atom. The molecule has 2 saturated carbocycles. The first kappa shape index (κ1) is 30.5. The molecule has 1 aromatic heterocycles. The van der Waals surface area contributed by atoms with Gasteiger partial charge in [0.1, 0.15) is 18.5 Å². The van der Waals surface area contributed by atoms with Crippen molar-refractivity contribution in [2.24, 2.45) is 11.8 Å². The van der Waals surface area contributed by atoms with Crippen LogP contribution in [0.3, 0.4) is 0 Å². The Morgan fingerprint density at radius 1 is 1.07 bits per heavy atom. The summed E-state index contributed by atoms with van der Waals surface area (Å²) in [5.41, 5.74) is 4.56. The third-order valence-electron chi connectivity index (χ3n) is 10.6. The second kappa shape index (κ2) is 13.3. The number of aryl methyl sites for hydroxylation is 1. The van der Waals surface area contributed by atoms with Crippen LogP contribution in [0.25, 0.3) is 15.6 Å². The smallest absolute Gasteiger partial charge is 0.318 e. The molecule has 0 bridgehead atoms. The lowest BCUT2D eigenvalue weighted by molar-refractivity contribution is -0.128. The summed E-state index contributed by atoms with van der Waals surface area (Å²) in [5, 5.41) is 2.51. The topological polar surface area (TPSA) is 75.4 Å². The van der Waals surface area contributed by atoms with E-state index in [-0.39, 0.29) is 18.5 Å². The van der Waals surface area contributed by atoms with Gasteiger partial charge in [-0.15, -0.1) is 0 Å². The van der Waals surface area contributed by atoms with Gasteiger partial charge in [-0.1, -0.05) is 56.2 Å². The van der Waals surface area contributed by atoms with Crippen LogP contribution in [-0.4, -0.2) is 78.9 Å². The van der Waals surface area contributed by atoms with Crippen LogP contribution < -0.4 is 14.5 Å². The lowest BCUT2D eigenvalue weighted by Gasteiger charge is -2.41. The van der Waals surface area contributed by atoms with Crippen molar-refractivity contribution in [2.75, 3.05) is 55.7 Å². The Morgan fingerprint density at radius 2 is 1.87 bits per heavy atom. The summed E-state index contributed by atoms with van der Waals surface area (Å²) in [4.78, 5) is 32.6. The molecule has 2 unspecified atom stereocenters. The van der Waals surface area contributed by atoms with E-state index in [1.807, 2.05) is 0 Å². The molecule has 1 saturated heterocycles. The number of hydrogen-bond acceptors (Lipinski definition) is 7. The predicted molar refractivity (Wildman–Crippen MR) is 180 cm³/mol. The summed E-state index contributed by atoms with van der Waals surface area (Å²) in [5.74, 6) is 2.42. The fourth-order valence-corrected chi connectivity index (χ4v) is 8.40. The average molecular weight is 621 g/mol. The van der Waals surface area contributed by atoms with Gasteiger partial charge in [0.25, 0.3) is 0 Å². The van der Waals surface area contributed by atoms with Crippen LogP contribution >= 0.6 is 0 Å². The van der Waals surface area contributed by atoms with Gasteiger partial charge < -0.3 is 29.0 Å². The molecule has 46 heavy (non-hydrogen) atoms. The molecule has 3 fully saturated rings. The first-order chi connectivity index (χ1) is 22.5. The van der Waals surface area contributed by atoms with E-state index in [1.165, 1.54) is 60.2 Å². The molecule has 0 radical (unpaired) electrons. The number of rotatable bonds is 9. The Kier molecular flexibility index (Phi) is 8.81. The van der Waals surface area contributed by atoms with Crippen LogP contribution in [0.1, 0.15) is 48.9 Å². The molecule has 2 aliphatic heterocycles. The maximum absolute atomic E-state index is 12.6.